The molecule has 2 atom stereocenters. The molecule has 1 saturated heterocycles. The molecule has 12 heteroatoms. The summed E-state index contributed by atoms with van der Waals surface area (Å²) in [5, 5.41) is 10.0. The number of nitrogens with zero attached hydrogens (tertiary/aromatic N) is 1. The molecule has 188 valence electrons. The highest BCUT2D eigenvalue weighted by Crippen LogP contribution is 2.17. The zero-order chi connectivity index (χ0) is 25.5. The third kappa shape index (κ3) is 12.7. The molecule has 1 amide bonds. The number of alkyl halides is 3. The summed E-state index contributed by atoms with van der Waals surface area (Å²) in [6.07, 6.45) is 1.62. The van der Waals surface area contributed by atoms with Crippen molar-refractivity contribution in [1.82, 2.24) is 10.5 Å². The number of benzene rings is 2. The van der Waals surface area contributed by atoms with Crippen LogP contribution < -0.4 is 5.48 Å². The third-order valence-electron chi connectivity index (χ3n) is 4.17. The predicted octanol–water partition coefficient (Wildman–Crippen LogP) is 5.97. The Labute approximate surface area is 227 Å². The van der Waals surface area contributed by atoms with E-state index in [1.807, 2.05) is 5.48 Å². The van der Waals surface area contributed by atoms with Gasteiger partial charge in [-0.3, -0.25) is 14.4 Å². The molecule has 2 aromatic carbocycles. The van der Waals surface area contributed by atoms with E-state index in [1.165, 1.54) is 41.5 Å². The first-order chi connectivity index (χ1) is 16.2. The van der Waals surface area contributed by atoms with E-state index in [0.29, 0.717) is 25.3 Å². The average Bonchev–Trinajstić information content (AvgIpc) is 2.82. The number of hydrogen-bond acceptors (Lipinski definition) is 5. The van der Waals surface area contributed by atoms with E-state index in [4.69, 9.17) is 21.6 Å². The van der Waals surface area contributed by atoms with Crippen molar-refractivity contribution in [2.75, 3.05) is 18.5 Å². The Hall–Kier alpha value is -0.950. The van der Waals surface area contributed by atoms with Crippen LogP contribution in [-0.2, 0) is 16.2 Å². The lowest BCUT2D eigenvalue weighted by Crippen LogP contribution is -2.40. The summed E-state index contributed by atoms with van der Waals surface area (Å²) in [5.41, 5.74) is 3.27. The van der Waals surface area contributed by atoms with E-state index in [-0.39, 0.29) is 32.4 Å². The zero-order valence-corrected chi connectivity index (χ0v) is 23.4. The minimum Gasteiger partial charge on any atom is -0.316 e. The van der Waals surface area contributed by atoms with Crippen molar-refractivity contribution in [1.29, 1.82) is 0 Å². The fourth-order valence-corrected chi connectivity index (χ4v) is 4.26. The van der Waals surface area contributed by atoms with Crippen LogP contribution in [0, 0.1) is 11.6 Å². The number of carbonyl (C=O) groups is 2. The summed E-state index contributed by atoms with van der Waals surface area (Å²) in [7, 11) is 0. The monoisotopic (exact) mass is 690 g/mol. The van der Waals surface area contributed by atoms with Gasteiger partial charge in [0.2, 0.25) is 5.24 Å². The van der Waals surface area contributed by atoms with Crippen molar-refractivity contribution < 1.29 is 28.4 Å². The molecule has 1 aliphatic rings. The summed E-state index contributed by atoms with van der Waals surface area (Å²) in [4.78, 5) is 27.5. The topological polar surface area (TPSA) is 78.9 Å². The molecular weight excluding hydrogens is 669 g/mol. The highest BCUT2D eigenvalue weighted by atomic mass is 79.9. The normalized spacial score (nSPS) is 15.9. The summed E-state index contributed by atoms with van der Waals surface area (Å²) >= 11 is 14.8. The molecular formula is C22H24Br3ClF2N2O4. The quantitative estimate of drug-likeness (QED) is 0.222. The van der Waals surface area contributed by atoms with Gasteiger partial charge in [-0.25, -0.2) is 19.3 Å². The Morgan fingerprint density at radius 2 is 1.71 bits per heavy atom. The number of amides is 1. The third-order valence-corrected chi connectivity index (χ3v) is 6.77. The summed E-state index contributed by atoms with van der Waals surface area (Å²) in [6, 6.07) is 11.4. The number of hydroxylamine groups is 3. The van der Waals surface area contributed by atoms with Crippen LogP contribution in [0.1, 0.15) is 28.8 Å². The molecule has 0 saturated carbocycles. The molecule has 0 bridgehead atoms. The van der Waals surface area contributed by atoms with Gasteiger partial charge < -0.3 is 5.21 Å². The van der Waals surface area contributed by atoms with Crippen LogP contribution in [0.3, 0.4) is 0 Å². The second kappa shape index (κ2) is 17.5. The van der Waals surface area contributed by atoms with Gasteiger partial charge in [0.05, 0.1) is 18.0 Å². The van der Waals surface area contributed by atoms with Gasteiger partial charge in [0.1, 0.15) is 11.6 Å². The standard InChI is InChI=1S/C11H11BrFNO2.C7H8FNO.C4H5Br2ClO/c12-9-5-6-16-14(7-9)11(15)8-1-3-10(13)4-2-8;8-7-3-1-6(2-4-7)5-9-10;5-2-1-3(6)4(7)8/h1-4,9H,5-7H2;1-4,9-10H,5H2;3H,1-2H2. The highest BCUT2D eigenvalue weighted by molar-refractivity contribution is 9.10. The highest BCUT2D eigenvalue weighted by Gasteiger charge is 2.24. The molecule has 2 unspecified atom stereocenters. The van der Waals surface area contributed by atoms with Crippen LogP contribution in [0.5, 0.6) is 0 Å². The summed E-state index contributed by atoms with van der Waals surface area (Å²) in [6.45, 7) is 1.37. The Kier molecular flexibility index (Phi) is 16.0. The van der Waals surface area contributed by atoms with Gasteiger partial charge in [-0.1, -0.05) is 59.9 Å². The second-order valence-electron chi connectivity index (χ2n) is 6.80. The van der Waals surface area contributed by atoms with Crippen molar-refractivity contribution in [2.45, 2.75) is 29.0 Å². The average molecular weight is 694 g/mol. The molecule has 0 spiro atoms. The van der Waals surface area contributed by atoms with E-state index in [1.54, 1.807) is 12.1 Å². The van der Waals surface area contributed by atoms with Gasteiger partial charge in [0.15, 0.2) is 0 Å². The lowest BCUT2D eigenvalue weighted by Gasteiger charge is -2.29. The van der Waals surface area contributed by atoms with Crippen LogP contribution in [0.15, 0.2) is 48.5 Å². The van der Waals surface area contributed by atoms with Gasteiger partial charge in [-0.15, -0.1) is 0 Å². The predicted molar refractivity (Wildman–Crippen MR) is 138 cm³/mol. The maximum absolute atomic E-state index is 12.7. The molecule has 3 rings (SSSR count). The molecule has 6 nitrogen and oxygen atoms in total. The fraction of sp³-hybridized carbons (Fsp3) is 0.364. The van der Waals surface area contributed by atoms with Gasteiger partial charge in [-0.2, -0.15) is 0 Å². The van der Waals surface area contributed by atoms with Crippen molar-refractivity contribution in [3.05, 3.63) is 71.3 Å². The van der Waals surface area contributed by atoms with E-state index in [2.05, 4.69) is 47.8 Å². The number of halogens is 6. The van der Waals surface area contributed by atoms with Crippen molar-refractivity contribution in [2.24, 2.45) is 0 Å². The van der Waals surface area contributed by atoms with Crippen LogP contribution in [0.2, 0.25) is 0 Å². The lowest BCUT2D eigenvalue weighted by molar-refractivity contribution is -0.141. The van der Waals surface area contributed by atoms with E-state index >= 15 is 0 Å². The Bertz CT molecular complexity index is 879. The van der Waals surface area contributed by atoms with E-state index in [9.17, 15) is 18.4 Å². The van der Waals surface area contributed by atoms with Gasteiger partial charge in [-0.05, 0) is 66.4 Å². The molecule has 0 aliphatic carbocycles. The maximum Gasteiger partial charge on any atom is 0.277 e. The van der Waals surface area contributed by atoms with Crippen molar-refractivity contribution >= 4 is 70.5 Å². The molecule has 0 radical (unpaired) electrons. The number of carbonyl (C=O) groups excluding carboxylic acids is 2. The smallest absolute Gasteiger partial charge is 0.277 e. The maximum atomic E-state index is 12.7. The first kappa shape index (κ1) is 31.1. The van der Waals surface area contributed by atoms with Gasteiger partial charge >= 0.3 is 0 Å². The molecule has 1 heterocycles. The number of rotatable bonds is 6. The van der Waals surface area contributed by atoms with Crippen LogP contribution in [-0.4, -0.2) is 49.6 Å². The SMILES string of the molecule is O=C(Cl)C(Br)CCBr.O=C(c1ccc(F)cc1)N1CC(Br)CCO1.ONCc1ccc(F)cc1. The molecule has 34 heavy (non-hydrogen) atoms. The first-order valence-corrected chi connectivity index (χ1v) is 13.4. The zero-order valence-electron chi connectivity index (χ0n) is 17.9. The van der Waals surface area contributed by atoms with Crippen molar-refractivity contribution in [3.8, 4) is 0 Å². The number of hydrogen-bond donors (Lipinski definition) is 2. The van der Waals surface area contributed by atoms with E-state index < -0.39 is 0 Å². The molecule has 1 aliphatic heterocycles. The molecule has 2 aromatic rings. The van der Waals surface area contributed by atoms with Gasteiger partial charge in [0, 0.05) is 22.3 Å². The molecule has 2 N–H and O–H groups in total. The minimum absolute atomic E-state index is 0.191. The minimum atomic E-state index is -0.352. The largest absolute Gasteiger partial charge is 0.316 e. The first-order valence-electron chi connectivity index (χ1n) is 10.0. The van der Waals surface area contributed by atoms with Crippen LogP contribution in [0.25, 0.3) is 0 Å². The lowest BCUT2D eigenvalue weighted by atomic mass is 10.2. The van der Waals surface area contributed by atoms with E-state index in [0.717, 1.165) is 23.7 Å². The number of nitrogens with one attached hydrogen (secondary N) is 1. The van der Waals surface area contributed by atoms with Gasteiger partial charge in [0.25, 0.3) is 5.91 Å². The van der Waals surface area contributed by atoms with Crippen LogP contribution >= 0.6 is 59.4 Å². The summed E-state index contributed by atoms with van der Waals surface area (Å²) < 4.78 is 24.9. The molecule has 1 fully saturated rings. The Balaban J connectivity index is 0.000000277. The molecule has 0 aromatic heterocycles. The second-order valence-corrected chi connectivity index (χ2v) is 10.4. The Morgan fingerprint density at radius 1 is 1.15 bits per heavy atom. The van der Waals surface area contributed by atoms with Crippen molar-refractivity contribution in [3.63, 3.8) is 0 Å². The fourth-order valence-electron chi connectivity index (χ4n) is 2.40. The Morgan fingerprint density at radius 3 is 2.15 bits per heavy atom. The summed E-state index contributed by atoms with van der Waals surface area (Å²) in [5.74, 6) is -0.847. The van der Waals surface area contributed by atoms with Crippen LogP contribution in [0.4, 0.5) is 8.78 Å².